The lowest BCUT2D eigenvalue weighted by molar-refractivity contribution is -0.139. The number of hydrogen-bond donors (Lipinski definition) is 1. The van der Waals surface area contributed by atoms with Crippen molar-refractivity contribution in [3.05, 3.63) is 104 Å². The molecule has 2 amide bonds. The van der Waals surface area contributed by atoms with Gasteiger partial charge in [0.1, 0.15) is 6.04 Å². The number of amides is 2. The first kappa shape index (κ1) is 29.6. The van der Waals surface area contributed by atoms with Crippen molar-refractivity contribution in [1.82, 2.24) is 10.2 Å². The third kappa shape index (κ3) is 9.36. The van der Waals surface area contributed by atoms with Gasteiger partial charge in [0.25, 0.3) is 0 Å². The maximum Gasteiger partial charge on any atom is 0.243 e. The second kappa shape index (κ2) is 14.8. The standard InChI is InChI=1S/C29H31BrCl2N2O2S/c1-3-20(2)33-29(36)27(16-21-7-5-4-6-8-21)34(17-23-11-14-25(31)26(32)15-23)28(35)19-37-18-22-9-12-24(30)13-10-22/h4-15,20,27H,3,16-19H2,1-2H3,(H,33,36)/t20-,27-/m1/s1. The van der Waals surface area contributed by atoms with Gasteiger partial charge in [-0.05, 0) is 54.3 Å². The van der Waals surface area contributed by atoms with Crippen molar-refractivity contribution in [3.8, 4) is 0 Å². The average molecular weight is 622 g/mol. The normalized spacial score (nSPS) is 12.6. The number of carbonyl (C=O) groups is 2. The summed E-state index contributed by atoms with van der Waals surface area (Å²) >= 11 is 17.4. The minimum atomic E-state index is -0.674. The van der Waals surface area contributed by atoms with Crippen molar-refractivity contribution in [1.29, 1.82) is 0 Å². The van der Waals surface area contributed by atoms with Crippen LogP contribution in [-0.2, 0) is 28.3 Å². The molecule has 0 saturated carbocycles. The molecular weight excluding hydrogens is 591 g/mol. The first-order valence-corrected chi connectivity index (χ1v) is 14.9. The lowest BCUT2D eigenvalue weighted by atomic mass is 10.0. The largest absolute Gasteiger partial charge is 0.352 e. The highest BCUT2D eigenvalue weighted by atomic mass is 79.9. The molecule has 2 atom stereocenters. The molecule has 0 unspecified atom stereocenters. The monoisotopic (exact) mass is 620 g/mol. The predicted octanol–water partition coefficient (Wildman–Crippen LogP) is 7.54. The highest BCUT2D eigenvalue weighted by Gasteiger charge is 2.31. The van der Waals surface area contributed by atoms with Crippen molar-refractivity contribution in [2.75, 3.05) is 5.75 Å². The van der Waals surface area contributed by atoms with Crippen LogP contribution >= 0.6 is 50.9 Å². The lowest BCUT2D eigenvalue weighted by Gasteiger charge is -2.32. The summed E-state index contributed by atoms with van der Waals surface area (Å²) in [5.41, 5.74) is 2.93. The summed E-state index contributed by atoms with van der Waals surface area (Å²) in [5, 5.41) is 3.95. The maximum atomic E-state index is 13.7. The van der Waals surface area contributed by atoms with E-state index in [1.54, 1.807) is 17.0 Å². The number of thioether (sulfide) groups is 1. The molecule has 3 aromatic carbocycles. The molecule has 0 saturated heterocycles. The van der Waals surface area contributed by atoms with E-state index < -0.39 is 6.04 Å². The molecule has 0 fully saturated rings. The molecule has 4 nitrogen and oxygen atoms in total. The van der Waals surface area contributed by atoms with Crippen LogP contribution in [0.1, 0.15) is 37.0 Å². The van der Waals surface area contributed by atoms with Crippen molar-refractivity contribution in [3.63, 3.8) is 0 Å². The minimum absolute atomic E-state index is 0.000480. The Morgan fingerprint density at radius 2 is 1.62 bits per heavy atom. The molecule has 0 heterocycles. The van der Waals surface area contributed by atoms with E-state index in [4.69, 9.17) is 23.2 Å². The van der Waals surface area contributed by atoms with Gasteiger partial charge in [-0.15, -0.1) is 11.8 Å². The fourth-order valence-electron chi connectivity index (χ4n) is 3.75. The van der Waals surface area contributed by atoms with E-state index in [0.717, 1.165) is 27.6 Å². The SMILES string of the molecule is CC[C@@H](C)NC(=O)[C@@H](Cc1ccccc1)N(Cc1ccc(Cl)c(Cl)c1)C(=O)CSCc1ccc(Br)cc1. The van der Waals surface area contributed by atoms with E-state index in [-0.39, 0.29) is 30.2 Å². The zero-order valence-corrected chi connectivity index (χ0v) is 24.8. The van der Waals surface area contributed by atoms with Gasteiger partial charge in [-0.3, -0.25) is 9.59 Å². The summed E-state index contributed by atoms with van der Waals surface area (Å²) in [6, 6.07) is 22.5. The van der Waals surface area contributed by atoms with Crippen LogP contribution in [0.15, 0.2) is 77.3 Å². The van der Waals surface area contributed by atoms with Crippen LogP contribution in [0.4, 0.5) is 0 Å². The maximum absolute atomic E-state index is 13.7. The molecule has 196 valence electrons. The Bertz CT molecular complexity index is 1180. The first-order valence-electron chi connectivity index (χ1n) is 12.2. The summed E-state index contributed by atoms with van der Waals surface area (Å²) in [5.74, 6) is 0.680. The summed E-state index contributed by atoms with van der Waals surface area (Å²) in [6.07, 6.45) is 1.21. The number of rotatable bonds is 12. The number of nitrogens with zero attached hydrogens (tertiary/aromatic N) is 1. The summed E-state index contributed by atoms with van der Waals surface area (Å²) < 4.78 is 1.02. The molecular formula is C29H31BrCl2N2O2S. The zero-order valence-electron chi connectivity index (χ0n) is 20.9. The molecule has 0 spiro atoms. The van der Waals surface area contributed by atoms with Crippen LogP contribution in [0, 0.1) is 0 Å². The van der Waals surface area contributed by atoms with Gasteiger partial charge in [0.05, 0.1) is 15.8 Å². The second-order valence-corrected chi connectivity index (χ2v) is 11.6. The molecule has 1 N–H and O–H groups in total. The number of carbonyl (C=O) groups excluding carboxylic acids is 2. The van der Waals surface area contributed by atoms with Gasteiger partial charge in [-0.1, -0.05) is 94.6 Å². The van der Waals surface area contributed by atoms with Crippen molar-refractivity contribution < 1.29 is 9.59 Å². The highest BCUT2D eigenvalue weighted by Crippen LogP contribution is 2.25. The van der Waals surface area contributed by atoms with Gasteiger partial charge in [0.2, 0.25) is 11.8 Å². The summed E-state index contributed by atoms with van der Waals surface area (Å²) in [7, 11) is 0. The molecule has 0 aliphatic rings. The molecule has 0 aliphatic heterocycles. The number of hydrogen-bond acceptors (Lipinski definition) is 3. The zero-order chi connectivity index (χ0) is 26.8. The molecule has 0 aromatic heterocycles. The molecule has 0 radical (unpaired) electrons. The Hall–Kier alpha value is -1.99. The van der Waals surface area contributed by atoms with Crippen molar-refractivity contribution in [2.24, 2.45) is 0 Å². The summed E-state index contributed by atoms with van der Waals surface area (Å²) in [4.78, 5) is 28.9. The van der Waals surface area contributed by atoms with E-state index in [1.807, 2.05) is 74.5 Å². The van der Waals surface area contributed by atoms with Crippen LogP contribution in [0.3, 0.4) is 0 Å². The van der Waals surface area contributed by atoms with Crippen molar-refractivity contribution in [2.45, 2.75) is 51.1 Å². The minimum Gasteiger partial charge on any atom is -0.352 e. The molecule has 3 rings (SSSR count). The van der Waals surface area contributed by atoms with E-state index in [0.29, 0.717) is 22.2 Å². The van der Waals surface area contributed by atoms with Gasteiger partial charge in [-0.25, -0.2) is 0 Å². The van der Waals surface area contributed by atoms with E-state index in [9.17, 15) is 9.59 Å². The van der Waals surface area contributed by atoms with Gasteiger partial charge in [0, 0.05) is 29.2 Å². The first-order chi connectivity index (χ1) is 17.8. The smallest absolute Gasteiger partial charge is 0.243 e. The van der Waals surface area contributed by atoms with Gasteiger partial charge >= 0.3 is 0 Å². The van der Waals surface area contributed by atoms with Gasteiger partial charge < -0.3 is 10.2 Å². The predicted molar refractivity (Wildman–Crippen MR) is 159 cm³/mol. The summed E-state index contributed by atoms with van der Waals surface area (Å²) in [6.45, 7) is 4.24. The Kier molecular flexibility index (Phi) is 11.8. The molecule has 8 heteroatoms. The molecule has 0 bridgehead atoms. The Morgan fingerprint density at radius 3 is 2.27 bits per heavy atom. The van der Waals surface area contributed by atoms with E-state index in [2.05, 4.69) is 21.2 Å². The number of benzene rings is 3. The lowest BCUT2D eigenvalue weighted by Crippen LogP contribution is -2.52. The second-order valence-electron chi connectivity index (χ2n) is 8.91. The van der Waals surface area contributed by atoms with E-state index >= 15 is 0 Å². The fourth-order valence-corrected chi connectivity index (χ4v) is 5.21. The molecule has 0 aliphatic carbocycles. The third-order valence-electron chi connectivity index (χ3n) is 6.02. The number of nitrogens with one attached hydrogen (secondary N) is 1. The Labute approximate surface area is 242 Å². The van der Waals surface area contributed by atoms with Crippen LogP contribution < -0.4 is 5.32 Å². The van der Waals surface area contributed by atoms with Crippen LogP contribution in [-0.4, -0.2) is 34.6 Å². The average Bonchev–Trinajstić information content (AvgIpc) is 2.89. The van der Waals surface area contributed by atoms with Gasteiger partial charge in [0.15, 0.2) is 0 Å². The van der Waals surface area contributed by atoms with Gasteiger partial charge in [-0.2, -0.15) is 0 Å². The quantitative estimate of drug-likeness (QED) is 0.227. The Balaban J connectivity index is 1.87. The molecule has 37 heavy (non-hydrogen) atoms. The highest BCUT2D eigenvalue weighted by molar-refractivity contribution is 9.10. The number of halogens is 3. The Morgan fingerprint density at radius 1 is 0.946 bits per heavy atom. The van der Waals surface area contributed by atoms with E-state index in [1.165, 1.54) is 11.8 Å². The van der Waals surface area contributed by atoms with Crippen LogP contribution in [0.5, 0.6) is 0 Å². The van der Waals surface area contributed by atoms with Crippen LogP contribution in [0.2, 0.25) is 10.0 Å². The topological polar surface area (TPSA) is 49.4 Å². The fraction of sp³-hybridized carbons (Fsp3) is 0.310. The van der Waals surface area contributed by atoms with Crippen LogP contribution in [0.25, 0.3) is 0 Å². The third-order valence-corrected chi connectivity index (χ3v) is 8.27. The van der Waals surface area contributed by atoms with Crippen molar-refractivity contribution >= 4 is 62.7 Å². The molecule has 3 aromatic rings.